The highest BCUT2D eigenvalue weighted by atomic mass is 28.4. The molecule has 31 heavy (non-hydrogen) atoms. The smallest absolute Gasteiger partial charge is 0.250 e. The molecule has 3 nitrogen and oxygen atoms in total. The highest BCUT2D eigenvalue weighted by molar-refractivity contribution is 6.75. The molecule has 0 spiro atoms. The van der Waals surface area contributed by atoms with Gasteiger partial charge in [0.1, 0.15) is 11.5 Å². The average molecular weight is 463 g/mol. The Morgan fingerprint density at radius 2 is 1.45 bits per heavy atom. The quantitative estimate of drug-likeness (QED) is 0.328. The Morgan fingerprint density at radius 1 is 0.968 bits per heavy atom. The van der Waals surface area contributed by atoms with Crippen molar-refractivity contribution in [2.75, 3.05) is 6.61 Å². The molecule has 5 heteroatoms. The third-order valence-electron chi connectivity index (χ3n) is 7.37. The minimum atomic E-state index is -2.06. The molecule has 0 aliphatic rings. The van der Waals surface area contributed by atoms with Crippen molar-refractivity contribution in [2.45, 2.75) is 98.1 Å². The number of aliphatic hydroxyl groups excluding tert-OH is 1. The van der Waals surface area contributed by atoms with Crippen LogP contribution in [0.5, 0.6) is 11.5 Å². The van der Waals surface area contributed by atoms with Gasteiger partial charge < -0.3 is 14.0 Å². The monoisotopic (exact) mass is 462 g/mol. The molecule has 0 amide bonds. The summed E-state index contributed by atoms with van der Waals surface area (Å²) >= 11 is 0. The van der Waals surface area contributed by atoms with Crippen LogP contribution in [-0.2, 0) is 6.42 Å². The molecule has 0 heterocycles. The molecule has 1 aromatic rings. The Morgan fingerprint density at radius 3 is 1.87 bits per heavy atom. The standard InChI is InChI=1S/C26H46O3Si2/c1-14-21(20(3)18-27)16-23-19(2)15-22(28-30(10,11)25(4,5)6)17-24(23)29-31(12,13)26(7,8)9/h1,15,17,20-21,27H,16,18H2,2-13H3. The van der Waals surface area contributed by atoms with Crippen LogP contribution in [0, 0.1) is 31.1 Å². The first-order chi connectivity index (χ1) is 13.9. The van der Waals surface area contributed by atoms with Gasteiger partial charge in [-0.2, -0.15) is 0 Å². The van der Waals surface area contributed by atoms with Crippen molar-refractivity contribution in [3.05, 3.63) is 23.3 Å². The lowest BCUT2D eigenvalue weighted by Gasteiger charge is -2.39. The highest BCUT2D eigenvalue weighted by Crippen LogP contribution is 2.43. The van der Waals surface area contributed by atoms with Crippen LogP contribution in [-0.4, -0.2) is 28.3 Å². The van der Waals surface area contributed by atoms with Crippen LogP contribution in [0.25, 0.3) is 0 Å². The Hall–Kier alpha value is -1.23. The number of aliphatic hydroxyl groups is 1. The van der Waals surface area contributed by atoms with Gasteiger partial charge in [-0.15, -0.1) is 12.3 Å². The summed E-state index contributed by atoms with van der Waals surface area (Å²) in [6, 6.07) is 4.21. The molecule has 2 unspecified atom stereocenters. The molecule has 1 aromatic carbocycles. The van der Waals surface area contributed by atoms with Crippen LogP contribution >= 0.6 is 0 Å². The molecule has 1 rings (SSSR count). The second kappa shape index (κ2) is 9.72. The lowest BCUT2D eigenvalue weighted by atomic mass is 9.87. The molecule has 0 radical (unpaired) electrons. The second-order valence-corrected chi connectivity index (χ2v) is 21.5. The molecular weight excluding hydrogens is 416 g/mol. The van der Waals surface area contributed by atoms with E-state index in [1.807, 2.05) is 6.92 Å². The third-order valence-corrected chi connectivity index (χ3v) is 16.1. The summed E-state index contributed by atoms with van der Waals surface area (Å²) in [5.74, 6) is 4.66. The van der Waals surface area contributed by atoms with E-state index < -0.39 is 16.6 Å². The van der Waals surface area contributed by atoms with E-state index in [1.54, 1.807) is 0 Å². The molecule has 0 aliphatic carbocycles. The summed E-state index contributed by atoms with van der Waals surface area (Å²) in [5, 5.41) is 9.86. The minimum Gasteiger partial charge on any atom is -0.543 e. The van der Waals surface area contributed by atoms with Crippen molar-refractivity contribution in [3.63, 3.8) is 0 Å². The number of terminal acetylenes is 1. The lowest BCUT2D eigenvalue weighted by Crippen LogP contribution is -2.44. The van der Waals surface area contributed by atoms with E-state index in [0.29, 0.717) is 6.42 Å². The first-order valence-corrected chi connectivity index (χ1v) is 17.3. The van der Waals surface area contributed by atoms with Crippen LogP contribution in [0.2, 0.25) is 36.3 Å². The van der Waals surface area contributed by atoms with Gasteiger partial charge in [0.05, 0.1) is 0 Å². The van der Waals surface area contributed by atoms with Crippen molar-refractivity contribution < 1.29 is 14.0 Å². The van der Waals surface area contributed by atoms with Crippen LogP contribution in [0.15, 0.2) is 12.1 Å². The first-order valence-electron chi connectivity index (χ1n) is 11.4. The van der Waals surface area contributed by atoms with Crippen LogP contribution in [0.4, 0.5) is 0 Å². The molecule has 0 saturated carbocycles. The van der Waals surface area contributed by atoms with Gasteiger partial charge in [0, 0.05) is 18.6 Å². The Kier molecular flexibility index (Phi) is 8.72. The summed E-state index contributed by atoms with van der Waals surface area (Å²) in [6.45, 7) is 26.8. The third kappa shape index (κ3) is 6.87. The predicted octanol–water partition coefficient (Wildman–Crippen LogP) is 7.18. The zero-order chi connectivity index (χ0) is 24.4. The number of hydrogen-bond acceptors (Lipinski definition) is 3. The number of benzene rings is 1. The van der Waals surface area contributed by atoms with Crippen molar-refractivity contribution >= 4 is 16.6 Å². The maximum atomic E-state index is 9.66. The lowest BCUT2D eigenvalue weighted by molar-refractivity contribution is 0.209. The van der Waals surface area contributed by atoms with Crippen LogP contribution in [0.3, 0.4) is 0 Å². The molecular formula is C26H46O3Si2. The molecule has 1 N–H and O–H groups in total. The SMILES string of the molecule is C#CC(Cc1c(C)cc(O[Si](C)(C)C(C)(C)C)cc1O[Si](C)(C)C(C)(C)C)C(C)CO. The van der Waals surface area contributed by atoms with Gasteiger partial charge in [-0.3, -0.25) is 0 Å². The second-order valence-electron chi connectivity index (χ2n) is 12.1. The van der Waals surface area contributed by atoms with Gasteiger partial charge in [-0.25, -0.2) is 0 Å². The van der Waals surface area contributed by atoms with E-state index in [0.717, 1.165) is 22.6 Å². The van der Waals surface area contributed by atoms with Crippen molar-refractivity contribution in [2.24, 2.45) is 11.8 Å². The Labute approximate surface area is 194 Å². The van der Waals surface area contributed by atoms with E-state index >= 15 is 0 Å². The van der Waals surface area contributed by atoms with Crippen LogP contribution in [0.1, 0.15) is 59.6 Å². The summed E-state index contributed by atoms with van der Waals surface area (Å²) in [7, 11) is -4.04. The number of aryl methyl sites for hydroxylation is 1. The van der Waals surface area contributed by atoms with E-state index in [4.69, 9.17) is 15.3 Å². The average Bonchev–Trinajstić information content (AvgIpc) is 2.58. The van der Waals surface area contributed by atoms with Crippen molar-refractivity contribution in [1.82, 2.24) is 0 Å². The van der Waals surface area contributed by atoms with E-state index in [1.165, 1.54) is 0 Å². The fourth-order valence-corrected chi connectivity index (χ4v) is 4.86. The van der Waals surface area contributed by atoms with Gasteiger partial charge in [0.25, 0.3) is 0 Å². The summed E-state index contributed by atoms with van der Waals surface area (Å²) < 4.78 is 13.5. The predicted molar refractivity (Wildman–Crippen MR) is 139 cm³/mol. The molecule has 2 atom stereocenters. The molecule has 0 fully saturated rings. The zero-order valence-electron chi connectivity index (χ0n) is 22.1. The largest absolute Gasteiger partial charge is 0.543 e. The molecule has 0 aliphatic heterocycles. The summed E-state index contributed by atoms with van der Waals surface area (Å²) in [4.78, 5) is 0. The summed E-state index contributed by atoms with van der Waals surface area (Å²) in [6.07, 6.45) is 6.53. The van der Waals surface area contributed by atoms with Crippen LogP contribution < -0.4 is 8.85 Å². The fourth-order valence-electron chi connectivity index (χ4n) is 2.81. The maximum absolute atomic E-state index is 9.66. The zero-order valence-corrected chi connectivity index (χ0v) is 24.1. The fraction of sp³-hybridized carbons (Fsp3) is 0.692. The maximum Gasteiger partial charge on any atom is 0.250 e. The number of rotatable bonds is 8. The normalized spacial score (nSPS) is 15.2. The Bertz CT molecular complexity index is 793. The number of hydrogen-bond donors (Lipinski definition) is 1. The Balaban J connectivity index is 3.54. The molecule has 0 bridgehead atoms. The van der Waals surface area contributed by atoms with E-state index in [2.05, 4.69) is 92.7 Å². The molecule has 176 valence electrons. The van der Waals surface area contributed by atoms with E-state index in [-0.39, 0.29) is 28.5 Å². The van der Waals surface area contributed by atoms with Gasteiger partial charge in [0.15, 0.2) is 0 Å². The van der Waals surface area contributed by atoms with Crippen molar-refractivity contribution in [1.29, 1.82) is 0 Å². The topological polar surface area (TPSA) is 38.7 Å². The van der Waals surface area contributed by atoms with Gasteiger partial charge in [-0.1, -0.05) is 48.5 Å². The van der Waals surface area contributed by atoms with Gasteiger partial charge in [-0.05, 0) is 72.7 Å². The highest BCUT2D eigenvalue weighted by Gasteiger charge is 2.41. The van der Waals surface area contributed by atoms with Gasteiger partial charge in [0.2, 0.25) is 16.6 Å². The summed E-state index contributed by atoms with van der Waals surface area (Å²) in [5.41, 5.74) is 2.27. The van der Waals surface area contributed by atoms with Crippen molar-refractivity contribution in [3.8, 4) is 23.8 Å². The molecule has 0 saturated heterocycles. The minimum absolute atomic E-state index is 0.0354. The van der Waals surface area contributed by atoms with Gasteiger partial charge >= 0.3 is 0 Å². The molecule has 0 aromatic heterocycles. The van der Waals surface area contributed by atoms with E-state index in [9.17, 15) is 5.11 Å². The first kappa shape index (κ1) is 27.8.